The van der Waals surface area contributed by atoms with Crippen molar-refractivity contribution < 1.29 is 4.39 Å². The Hall–Kier alpha value is -1.37. The molecule has 1 aromatic heterocycles. The molecule has 2 rings (SSSR count). The number of hydrogen-bond acceptors (Lipinski definition) is 4. The summed E-state index contributed by atoms with van der Waals surface area (Å²) >= 11 is 3.32. The van der Waals surface area contributed by atoms with Gasteiger partial charge in [-0.15, -0.1) is 0 Å². The highest BCUT2D eigenvalue weighted by atomic mass is 79.9. The van der Waals surface area contributed by atoms with Gasteiger partial charge in [-0.05, 0) is 41.8 Å². The molecule has 0 radical (unpaired) electrons. The second-order valence-electron chi connectivity index (χ2n) is 3.83. The van der Waals surface area contributed by atoms with Gasteiger partial charge in [-0.1, -0.05) is 15.9 Å². The molecule has 2 aromatic rings. The Balaban J connectivity index is 2.23. The summed E-state index contributed by atoms with van der Waals surface area (Å²) < 4.78 is 14.5. The van der Waals surface area contributed by atoms with E-state index >= 15 is 0 Å². The van der Waals surface area contributed by atoms with Crippen LogP contribution in [0, 0.1) is 5.82 Å². The van der Waals surface area contributed by atoms with E-state index < -0.39 is 0 Å². The van der Waals surface area contributed by atoms with Gasteiger partial charge in [-0.25, -0.2) is 4.39 Å². The molecule has 1 aromatic carbocycles. The van der Waals surface area contributed by atoms with Crippen LogP contribution in [0.25, 0.3) is 0 Å². The van der Waals surface area contributed by atoms with E-state index in [1.54, 1.807) is 30.6 Å². The van der Waals surface area contributed by atoms with Gasteiger partial charge in [0, 0.05) is 10.7 Å². The average Bonchev–Trinajstić information content (AvgIpc) is 2.41. The highest BCUT2D eigenvalue weighted by Gasteiger charge is 2.13. The van der Waals surface area contributed by atoms with Gasteiger partial charge in [-0.2, -0.15) is 10.2 Å². The van der Waals surface area contributed by atoms with E-state index in [0.717, 1.165) is 10.0 Å². The van der Waals surface area contributed by atoms with Gasteiger partial charge >= 0.3 is 0 Å². The van der Waals surface area contributed by atoms with Crippen molar-refractivity contribution in [2.24, 2.45) is 5.84 Å². The van der Waals surface area contributed by atoms with Gasteiger partial charge in [-0.3, -0.25) is 11.3 Å². The number of hydrogen-bond donors (Lipinski definition) is 2. The Kier molecular flexibility index (Phi) is 4.35. The fraction of sp³-hybridized carbons (Fsp3) is 0.167. The van der Waals surface area contributed by atoms with Gasteiger partial charge in [0.1, 0.15) is 5.82 Å². The highest BCUT2D eigenvalue weighted by Crippen LogP contribution is 2.21. The number of nitrogens with zero attached hydrogens (tertiary/aromatic N) is 2. The molecule has 0 bridgehead atoms. The summed E-state index contributed by atoms with van der Waals surface area (Å²) in [5.74, 6) is 5.26. The van der Waals surface area contributed by atoms with Crippen molar-refractivity contribution in [3.05, 3.63) is 58.1 Å². The molecular formula is C12H12BrFN4. The van der Waals surface area contributed by atoms with Crippen LogP contribution in [0.1, 0.15) is 17.2 Å². The maximum absolute atomic E-state index is 13.7. The summed E-state index contributed by atoms with van der Waals surface area (Å²) in [7, 11) is 0. The average molecular weight is 311 g/mol. The van der Waals surface area contributed by atoms with Gasteiger partial charge in [0.05, 0.1) is 12.2 Å². The number of hydrazine groups is 1. The number of halogens is 2. The topological polar surface area (TPSA) is 63.8 Å². The molecule has 1 heterocycles. The molecule has 0 aliphatic heterocycles. The first kappa shape index (κ1) is 13.1. The second-order valence-corrected chi connectivity index (χ2v) is 4.75. The molecule has 0 spiro atoms. The van der Waals surface area contributed by atoms with E-state index in [4.69, 9.17) is 5.84 Å². The lowest BCUT2D eigenvalue weighted by Crippen LogP contribution is -2.30. The minimum atomic E-state index is -0.250. The van der Waals surface area contributed by atoms with Crippen LogP contribution in [-0.2, 0) is 6.42 Å². The molecule has 4 nitrogen and oxygen atoms in total. The van der Waals surface area contributed by atoms with Crippen LogP contribution in [0.5, 0.6) is 0 Å². The molecule has 6 heteroatoms. The Morgan fingerprint density at radius 1 is 1.33 bits per heavy atom. The highest BCUT2D eigenvalue weighted by molar-refractivity contribution is 9.10. The van der Waals surface area contributed by atoms with Crippen LogP contribution in [0.2, 0.25) is 0 Å². The van der Waals surface area contributed by atoms with Crippen LogP contribution in [-0.4, -0.2) is 10.2 Å². The quantitative estimate of drug-likeness (QED) is 0.671. The first-order valence-corrected chi connectivity index (χ1v) is 6.16. The largest absolute Gasteiger partial charge is 0.271 e. The summed E-state index contributed by atoms with van der Waals surface area (Å²) in [5, 5.41) is 7.49. The normalized spacial score (nSPS) is 12.4. The lowest BCUT2D eigenvalue weighted by atomic mass is 10.0. The SMILES string of the molecule is NNC(Cc1cc(Br)ccc1F)c1ccnnc1. The second kappa shape index (κ2) is 5.99. The maximum Gasteiger partial charge on any atom is 0.126 e. The fourth-order valence-electron chi connectivity index (χ4n) is 1.70. The molecule has 94 valence electrons. The Morgan fingerprint density at radius 2 is 2.17 bits per heavy atom. The Labute approximate surface area is 113 Å². The monoisotopic (exact) mass is 310 g/mol. The minimum absolute atomic E-state index is 0.204. The molecule has 0 amide bonds. The van der Waals surface area contributed by atoms with Crippen LogP contribution < -0.4 is 11.3 Å². The van der Waals surface area contributed by atoms with Crippen molar-refractivity contribution in [3.63, 3.8) is 0 Å². The number of nitrogens with one attached hydrogen (secondary N) is 1. The van der Waals surface area contributed by atoms with Crippen LogP contribution in [0.4, 0.5) is 4.39 Å². The summed E-state index contributed by atoms with van der Waals surface area (Å²) in [6.45, 7) is 0. The lowest BCUT2D eigenvalue weighted by molar-refractivity contribution is 0.526. The van der Waals surface area contributed by atoms with Crippen molar-refractivity contribution in [2.75, 3.05) is 0 Å². The van der Waals surface area contributed by atoms with Crippen LogP contribution in [0.3, 0.4) is 0 Å². The number of rotatable bonds is 4. The third-order valence-electron chi connectivity index (χ3n) is 2.64. The van der Waals surface area contributed by atoms with Gasteiger partial charge in [0.2, 0.25) is 0 Å². The maximum atomic E-state index is 13.7. The number of aromatic nitrogens is 2. The van der Waals surface area contributed by atoms with Gasteiger partial charge in [0.15, 0.2) is 0 Å². The van der Waals surface area contributed by atoms with E-state index in [1.807, 2.05) is 0 Å². The summed E-state index contributed by atoms with van der Waals surface area (Å²) in [6, 6.07) is 6.43. The first-order chi connectivity index (χ1) is 8.70. The third-order valence-corrected chi connectivity index (χ3v) is 3.14. The van der Waals surface area contributed by atoms with Crippen molar-refractivity contribution in [3.8, 4) is 0 Å². The summed E-state index contributed by atoms with van der Waals surface area (Å²) in [6.07, 6.45) is 3.63. The van der Waals surface area contributed by atoms with E-state index in [0.29, 0.717) is 12.0 Å². The number of benzene rings is 1. The van der Waals surface area contributed by atoms with Crippen LogP contribution >= 0.6 is 15.9 Å². The van der Waals surface area contributed by atoms with Crippen molar-refractivity contribution in [1.82, 2.24) is 15.6 Å². The molecule has 1 unspecified atom stereocenters. The van der Waals surface area contributed by atoms with Crippen LogP contribution in [0.15, 0.2) is 41.1 Å². The molecule has 18 heavy (non-hydrogen) atoms. The molecule has 1 atom stereocenters. The zero-order chi connectivity index (χ0) is 13.0. The first-order valence-electron chi connectivity index (χ1n) is 5.37. The van der Waals surface area contributed by atoms with Gasteiger partial charge in [0.25, 0.3) is 0 Å². The van der Waals surface area contributed by atoms with Gasteiger partial charge < -0.3 is 0 Å². The molecule has 0 saturated carbocycles. The van der Waals surface area contributed by atoms with E-state index in [1.165, 1.54) is 6.07 Å². The minimum Gasteiger partial charge on any atom is -0.271 e. The molecule has 0 fully saturated rings. The zero-order valence-electron chi connectivity index (χ0n) is 9.48. The van der Waals surface area contributed by atoms with E-state index in [9.17, 15) is 4.39 Å². The van der Waals surface area contributed by atoms with Crippen molar-refractivity contribution >= 4 is 15.9 Å². The standard InChI is InChI=1S/C12H12BrFN4/c13-10-1-2-11(14)9(5-10)6-12(18-15)8-3-4-16-17-7-8/h1-5,7,12,18H,6,15H2. The fourth-order valence-corrected chi connectivity index (χ4v) is 2.11. The van der Waals surface area contributed by atoms with E-state index in [-0.39, 0.29) is 11.9 Å². The molecular weight excluding hydrogens is 299 g/mol. The zero-order valence-corrected chi connectivity index (χ0v) is 11.1. The summed E-state index contributed by atoms with van der Waals surface area (Å²) in [4.78, 5) is 0. The van der Waals surface area contributed by atoms with Crippen molar-refractivity contribution in [2.45, 2.75) is 12.5 Å². The Bertz CT molecular complexity index is 521. The smallest absolute Gasteiger partial charge is 0.126 e. The third kappa shape index (κ3) is 3.10. The summed E-state index contributed by atoms with van der Waals surface area (Å²) in [5.41, 5.74) is 4.12. The Morgan fingerprint density at radius 3 is 2.83 bits per heavy atom. The predicted molar refractivity (Wildman–Crippen MR) is 69.9 cm³/mol. The molecule has 0 aliphatic carbocycles. The number of nitrogens with two attached hydrogens (primary N) is 1. The predicted octanol–water partition coefficient (Wildman–Crippen LogP) is 2.13. The molecule has 3 N–H and O–H groups in total. The molecule has 0 aliphatic rings. The van der Waals surface area contributed by atoms with Crippen molar-refractivity contribution in [1.29, 1.82) is 0 Å². The van der Waals surface area contributed by atoms with E-state index in [2.05, 4.69) is 31.6 Å². The molecule has 0 saturated heterocycles. The lowest BCUT2D eigenvalue weighted by Gasteiger charge is -2.16.